The van der Waals surface area contributed by atoms with E-state index in [2.05, 4.69) is 31.6 Å². The fourth-order valence-corrected chi connectivity index (χ4v) is 2.54. The van der Waals surface area contributed by atoms with Crippen LogP contribution in [0.2, 0.25) is 0 Å². The second-order valence-electron chi connectivity index (χ2n) is 5.35. The van der Waals surface area contributed by atoms with Gasteiger partial charge in [-0.2, -0.15) is 0 Å². The van der Waals surface area contributed by atoms with Crippen LogP contribution in [0.4, 0.5) is 4.39 Å². The molecule has 25 heavy (non-hydrogen) atoms. The van der Waals surface area contributed by atoms with Crippen LogP contribution >= 0.6 is 39.9 Å². The van der Waals surface area contributed by atoms with Crippen molar-refractivity contribution in [3.05, 3.63) is 69.9 Å². The van der Waals surface area contributed by atoms with Gasteiger partial charge in [0.25, 0.3) is 0 Å². The summed E-state index contributed by atoms with van der Waals surface area (Å²) in [5.41, 5.74) is 1.89. The Morgan fingerprint density at radius 1 is 1.20 bits per heavy atom. The van der Waals surface area contributed by atoms with E-state index in [1.165, 1.54) is 6.07 Å². The van der Waals surface area contributed by atoms with Crippen molar-refractivity contribution in [1.29, 1.82) is 0 Å². The number of nitrogens with one attached hydrogen (secondary N) is 2. The summed E-state index contributed by atoms with van der Waals surface area (Å²) in [6.07, 6.45) is 0. The maximum Gasteiger partial charge on any atom is 0.191 e. The Bertz CT molecular complexity index is 685. The zero-order chi connectivity index (χ0) is 17.4. The number of aliphatic imine (C=N–C) groups is 1. The maximum absolute atomic E-state index is 13.5. The van der Waals surface area contributed by atoms with Crippen LogP contribution < -0.4 is 10.6 Å². The summed E-state index contributed by atoms with van der Waals surface area (Å²) in [5.74, 6) is 0.296. The Morgan fingerprint density at radius 3 is 2.52 bits per heavy atom. The summed E-state index contributed by atoms with van der Waals surface area (Å²) >= 11 is 3.14. The first-order valence-electron chi connectivity index (χ1n) is 7.68. The molecule has 3 N–H and O–H groups in total. The largest absolute Gasteiger partial charge is 0.396 e. The zero-order valence-corrected chi connectivity index (χ0v) is 17.8. The van der Waals surface area contributed by atoms with Gasteiger partial charge in [0.05, 0.1) is 11.1 Å². The molecule has 7 heteroatoms. The topological polar surface area (TPSA) is 56.7 Å². The minimum atomic E-state index is -0.290. The zero-order valence-electron chi connectivity index (χ0n) is 13.9. The minimum Gasteiger partial charge on any atom is -0.396 e. The first kappa shape index (κ1) is 21.9. The maximum atomic E-state index is 13.5. The molecule has 0 aliphatic heterocycles. The van der Waals surface area contributed by atoms with Crippen LogP contribution in [0, 0.1) is 5.82 Å². The van der Waals surface area contributed by atoms with Crippen molar-refractivity contribution in [2.24, 2.45) is 4.99 Å². The molecule has 0 saturated carbocycles. The summed E-state index contributed by atoms with van der Waals surface area (Å²) in [5, 5.41) is 15.9. The third-order valence-corrected chi connectivity index (χ3v) is 4.32. The van der Waals surface area contributed by atoms with Crippen LogP contribution in [-0.4, -0.2) is 31.3 Å². The molecule has 0 aliphatic rings. The number of hydrogen-bond donors (Lipinski definition) is 3. The molecule has 1 atom stereocenters. The van der Waals surface area contributed by atoms with E-state index < -0.39 is 0 Å². The average molecular weight is 522 g/mol. The molecule has 0 saturated heterocycles. The number of benzene rings is 2. The minimum absolute atomic E-state index is 0. The first-order chi connectivity index (χ1) is 11.6. The van der Waals surface area contributed by atoms with E-state index in [9.17, 15) is 9.50 Å². The number of halogens is 3. The summed E-state index contributed by atoms with van der Waals surface area (Å²) in [6, 6.07) is 14.8. The highest BCUT2D eigenvalue weighted by Crippen LogP contribution is 2.16. The Morgan fingerprint density at radius 2 is 1.92 bits per heavy atom. The fourth-order valence-electron chi connectivity index (χ4n) is 2.29. The summed E-state index contributed by atoms with van der Waals surface area (Å²) in [6.45, 7) is 1.06. The third kappa shape index (κ3) is 6.91. The SMILES string of the molecule is CN=C(NCc1ccc(Br)c(F)c1)NCC(CO)c1ccccc1.I. The molecule has 1 unspecified atom stereocenters. The van der Waals surface area contributed by atoms with Crippen molar-refractivity contribution in [1.82, 2.24) is 10.6 Å². The molecule has 0 amide bonds. The molecule has 0 aromatic heterocycles. The summed E-state index contributed by atoms with van der Waals surface area (Å²) in [7, 11) is 1.67. The Labute approximate surface area is 173 Å². The second-order valence-corrected chi connectivity index (χ2v) is 6.20. The lowest BCUT2D eigenvalue weighted by atomic mass is 10.0. The molecule has 0 spiro atoms. The van der Waals surface area contributed by atoms with E-state index in [0.717, 1.165) is 11.1 Å². The Hall–Kier alpha value is -1.19. The van der Waals surface area contributed by atoms with Crippen LogP contribution in [0.1, 0.15) is 17.0 Å². The highest BCUT2D eigenvalue weighted by Gasteiger charge is 2.11. The monoisotopic (exact) mass is 521 g/mol. The van der Waals surface area contributed by atoms with E-state index in [1.807, 2.05) is 36.4 Å². The molecule has 0 radical (unpaired) electrons. The molecule has 136 valence electrons. The smallest absolute Gasteiger partial charge is 0.191 e. The molecular formula is C18H22BrFIN3O. The summed E-state index contributed by atoms with van der Waals surface area (Å²) < 4.78 is 14.0. The predicted octanol–water partition coefficient (Wildman–Crippen LogP) is 3.65. The van der Waals surface area contributed by atoms with Gasteiger partial charge >= 0.3 is 0 Å². The molecule has 0 bridgehead atoms. The van der Waals surface area contributed by atoms with E-state index in [1.54, 1.807) is 13.1 Å². The van der Waals surface area contributed by atoms with Crippen molar-refractivity contribution in [2.75, 3.05) is 20.2 Å². The molecule has 0 aliphatic carbocycles. The van der Waals surface area contributed by atoms with Gasteiger partial charge in [0.15, 0.2) is 5.96 Å². The van der Waals surface area contributed by atoms with Crippen molar-refractivity contribution in [2.45, 2.75) is 12.5 Å². The number of aliphatic hydroxyl groups excluding tert-OH is 1. The molecule has 0 fully saturated rings. The predicted molar refractivity (Wildman–Crippen MR) is 114 cm³/mol. The van der Waals surface area contributed by atoms with Gasteiger partial charge in [-0.05, 0) is 39.2 Å². The van der Waals surface area contributed by atoms with Gasteiger partial charge in [-0.3, -0.25) is 4.99 Å². The van der Waals surface area contributed by atoms with E-state index >= 15 is 0 Å². The van der Waals surface area contributed by atoms with E-state index in [4.69, 9.17) is 0 Å². The molecule has 2 aromatic carbocycles. The van der Waals surface area contributed by atoms with Crippen molar-refractivity contribution < 1.29 is 9.50 Å². The van der Waals surface area contributed by atoms with Gasteiger partial charge < -0.3 is 15.7 Å². The van der Waals surface area contributed by atoms with Gasteiger partial charge in [-0.15, -0.1) is 24.0 Å². The van der Waals surface area contributed by atoms with Crippen LogP contribution in [0.5, 0.6) is 0 Å². The van der Waals surface area contributed by atoms with Crippen LogP contribution in [0.3, 0.4) is 0 Å². The quantitative estimate of drug-likeness (QED) is 0.309. The molecule has 0 heterocycles. The molecule has 2 rings (SSSR count). The van der Waals surface area contributed by atoms with Crippen molar-refractivity contribution >= 4 is 45.9 Å². The van der Waals surface area contributed by atoms with Gasteiger partial charge in [-0.25, -0.2) is 4.39 Å². The standard InChI is InChI=1S/C18H21BrFN3O.HI/c1-21-18(22-10-13-7-8-16(19)17(20)9-13)23-11-15(12-24)14-5-3-2-4-6-14;/h2-9,15,24H,10-12H2,1H3,(H2,21,22,23);1H. The van der Waals surface area contributed by atoms with Gasteiger partial charge in [-0.1, -0.05) is 36.4 Å². The molecular weight excluding hydrogens is 500 g/mol. The Balaban J connectivity index is 0.00000312. The van der Waals surface area contributed by atoms with Crippen LogP contribution in [0.25, 0.3) is 0 Å². The lowest BCUT2D eigenvalue weighted by Gasteiger charge is -2.18. The van der Waals surface area contributed by atoms with E-state index in [-0.39, 0.29) is 42.3 Å². The number of aliphatic hydroxyl groups is 1. The lowest BCUT2D eigenvalue weighted by molar-refractivity contribution is 0.265. The second kappa shape index (κ2) is 11.4. The fraction of sp³-hybridized carbons (Fsp3) is 0.278. The lowest BCUT2D eigenvalue weighted by Crippen LogP contribution is -2.39. The van der Waals surface area contributed by atoms with Gasteiger partial charge in [0.2, 0.25) is 0 Å². The van der Waals surface area contributed by atoms with Crippen LogP contribution in [0.15, 0.2) is 58.0 Å². The first-order valence-corrected chi connectivity index (χ1v) is 8.47. The highest BCUT2D eigenvalue weighted by molar-refractivity contribution is 14.0. The highest BCUT2D eigenvalue weighted by atomic mass is 127. The number of rotatable bonds is 6. The van der Waals surface area contributed by atoms with E-state index in [0.29, 0.717) is 23.5 Å². The number of nitrogens with zero attached hydrogens (tertiary/aromatic N) is 1. The number of hydrogen-bond acceptors (Lipinski definition) is 2. The summed E-state index contributed by atoms with van der Waals surface area (Å²) in [4.78, 5) is 4.15. The van der Waals surface area contributed by atoms with Crippen LogP contribution in [-0.2, 0) is 6.54 Å². The van der Waals surface area contributed by atoms with Crippen molar-refractivity contribution in [3.8, 4) is 0 Å². The van der Waals surface area contributed by atoms with Gasteiger partial charge in [0.1, 0.15) is 5.82 Å². The van der Waals surface area contributed by atoms with Crippen molar-refractivity contribution in [3.63, 3.8) is 0 Å². The molecule has 4 nitrogen and oxygen atoms in total. The number of guanidine groups is 1. The average Bonchev–Trinajstić information content (AvgIpc) is 2.62. The normalized spacial score (nSPS) is 12.2. The van der Waals surface area contributed by atoms with Gasteiger partial charge in [0, 0.05) is 26.1 Å². The molecule has 2 aromatic rings. The Kier molecular flexibility index (Phi) is 9.99. The third-order valence-electron chi connectivity index (χ3n) is 3.67.